The van der Waals surface area contributed by atoms with Crippen LogP contribution in [0.3, 0.4) is 0 Å². The van der Waals surface area contributed by atoms with Gasteiger partial charge in [0.25, 0.3) is 0 Å². The number of methoxy groups -OCH3 is 1. The van der Waals surface area contributed by atoms with Crippen molar-refractivity contribution in [1.82, 2.24) is 5.32 Å². The molecule has 1 fully saturated rings. The summed E-state index contributed by atoms with van der Waals surface area (Å²) < 4.78 is 9.60. The average Bonchev–Trinajstić information content (AvgIpc) is 2.42. The molecule has 0 aromatic heterocycles. The Morgan fingerprint density at radius 1 is 1.33 bits per heavy atom. The van der Waals surface area contributed by atoms with Crippen LogP contribution >= 0.6 is 11.6 Å². The normalized spacial score (nSPS) is 23.2. The topological polar surface area (TPSA) is 64.6 Å². The van der Waals surface area contributed by atoms with E-state index in [1.54, 1.807) is 0 Å². The molecular weight excluding hydrogens is 258 g/mol. The molecule has 1 aliphatic carbocycles. The summed E-state index contributed by atoms with van der Waals surface area (Å²) in [6, 6.07) is 0. The summed E-state index contributed by atoms with van der Waals surface area (Å²) in [4.78, 5) is 22.9. The minimum absolute atomic E-state index is 0.114. The van der Waals surface area contributed by atoms with Crippen molar-refractivity contribution in [3.63, 3.8) is 0 Å². The second-order valence-corrected chi connectivity index (χ2v) is 4.76. The smallest absolute Gasteiger partial charge is 0.407 e. The van der Waals surface area contributed by atoms with Crippen molar-refractivity contribution in [3.8, 4) is 0 Å². The summed E-state index contributed by atoms with van der Waals surface area (Å²) in [5.41, 5.74) is 0. The first-order valence-corrected chi connectivity index (χ1v) is 6.77. The largest absolute Gasteiger partial charge is 0.469 e. The van der Waals surface area contributed by atoms with Crippen LogP contribution in [0.15, 0.2) is 0 Å². The molecule has 0 radical (unpaired) electrons. The molecule has 1 N–H and O–H groups in total. The van der Waals surface area contributed by atoms with Gasteiger partial charge in [-0.15, -0.1) is 11.6 Å². The third-order valence-electron chi connectivity index (χ3n) is 3.23. The Hall–Kier alpha value is -0.970. The van der Waals surface area contributed by atoms with E-state index in [2.05, 4.69) is 5.32 Å². The highest BCUT2D eigenvalue weighted by molar-refractivity contribution is 6.18. The summed E-state index contributed by atoms with van der Waals surface area (Å²) in [5, 5.41) is 2.67. The van der Waals surface area contributed by atoms with Gasteiger partial charge in [-0.05, 0) is 18.8 Å². The van der Waals surface area contributed by atoms with Crippen molar-refractivity contribution < 1.29 is 19.1 Å². The van der Waals surface area contributed by atoms with Gasteiger partial charge in [0.1, 0.15) is 6.61 Å². The molecule has 0 spiro atoms. The third kappa shape index (κ3) is 4.72. The number of ether oxygens (including phenoxy) is 2. The molecule has 0 aromatic rings. The molecule has 1 rings (SSSR count). The lowest BCUT2D eigenvalue weighted by molar-refractivity contribution is -0.148. The molecule has 6 heteroatoms. The van der Waals surface area contributed by atoms with Crippen LogP contribution in [-0.4, -0.2) is 38.2 Å². The lowest BCUT2D eigenvalue weighted by Gasteiger charge is -2.29. The zero-order chi connectivity index (χ0) is 13.4. The zero-order valence-corrected chi connectivity index (χ0v) is 11.4. The molecule has 2 atom stereocenters. The van der Waals surface area contributed by atoms with Crippen LogP contribution in [0.5, 0.6) is 0 Å². The monoisotopic (exact) mass is 277 g/mol. The predicted octanol–water partition coefficient (Wildman–Crippen LogP) is 1.93. The number of alkyl halides is 1. The summed E-state index contributed by atoms with van der Waals surface area (Å²) >= 11 is 5.41. The van der Waals surface area contributed by atoms with Crippen molar-refractivity contribution in [3.05, 3.63) is 0 Å². The number of amides is 1. The maximum Gasteiger partial charge on any atom is 0.407 e. The summed E-state index contributed by atoms with van der Waals surface area (Å²) in [7, 11) is 1.40. The van der Waals surface area contributed by atoms with E-state index in [9.17, 15) is 9.59 Å². The Balaban J connectivity index is 2.37. The SMILES string of the molecule is COC(=O)C1CCCCC1CNC(=O)OCCCl. The van der Waals surface area contributed by atoms with Crippen LogP contribution in [0.4, 0.5) is 4.79 Å². The van der Waals surface area contributed by atoms with Crippen molar-refractivity contribution in [2.75, 3.05) is 26.1 Å². The first kappa shape index (κ1) is 15.1. The van der Waals surface area contributed by atoms with Crippen LogP contribution < -0.4 is 5.32 Å². The predicted molar refractivity (Wildman–Crippen MR) is 67.5 cm³/mol. The summed E-state index contributed by atoms with van der Waals surface area (Å²) in [6.07, 6.45) is 3.39. The highest BCUT2D eigenvalue weighted by Crippen LogP contribution is 2.30. The van der Waals surface area contributed by atoms with Crippen LogP contribution in [0.2, 0.25) is 0 Å². The van der Waals surface area contributed by atoms with Crippen molar-refractivity contribution in [2.24, 2.45) is 11.8 Å². The Labute approximate surface area is 112 Å². The van der Waals surface area contributed by atoms with Crippen molar-refractivity contribution in [2.45, 2.75) is 25.7 Å². The standard InChI is InChI=1S/C12H20ClNO4/c1-17-11(15)10-5-3-2-4-9(10)8-14-12(16)18-7-6-13/h9-10H,2-8H2,1H3,(H,14,16). The highest BCUT2D eigenvalue weighted by atomic mass is 35.5. The molecule has 1 aliphatic rings. The fourth-order valence-corrected chi connectivity index (χ4v) is 2.39. The Morgan fingerprint density at radius 3 is 2.72 bits per heavy atom. The number of halogens is 1. The van der Waals surface area contributed by atoms with E-state index in [1.807, 2.05) is 0 Å². The summed E-state index contributed by atoms with van der Waals surface area (Å²) in [5.74, 6) is 0.115. The molecule has 0 aliphatic heterocycles. The van der Waals surface area contributed by atoms with Crippen molar-refractivity contribution in [1.29, 1.82) is 0 Å². The molecular formula is C12H20ClNO4. The average molecular weight is 278 g/mol. The second kappa shape index (κ2) is 8.19. The molecule has 0 aromatic carbocycles. The molecule has 0 saturated heterocycles. The van der Waals surface area contributed by atoms with Gasteiger partial charge in [0.15, 0.2) is 0 Å². The fourth-order valence-electron chi connectivity index (χ4n) is 2.31. The fraction of sp³-hybridized carbons (Fsp3) is 0.833. The number of carbonyl (C=O) groups is 2. The first-order valence-electron chi connectivity index (χ1n) is 6.23. The molecule has 1 amide bonds. The van der Waals surface area contributed by atoms with E-state index in [1.165, 1.54) is 7.11 Å². The van der Waals surface area contributed by atoms with Gasteiger partial charge in [-0.1, -0.05) is 12.8 Å². The number of hydrogen-bond acceptors (Lipinski definition) is 4. The molecule has 5 nitrogen and oxygen atoms in total. The number of alkyl carbamates (subject to hydrolysis) is 1. The van der Waals surface area contributed by atoms with Gasteiger partial charge in [-0.25, -0.2) is 4.79 Å². The number of nitrogens with one attached hydrogen (secondary N) is 1. The molecule has 18 heavy (non-hydrogen) atoms. The Bertz CT molecular complexity index is 285. The molecule has 0 bridgehead atoms. The lowest BCUT2D eigenvalue weighted by atomic mass is 9.79. The van der Waals surface area contributed by atoms with E-state index in [0.717, 1.165) is 25.7 Å². The van der Waals surface area contributed by atoms with Gasteiger partial charge in [0.2, 0.25) is 0 Å². The van der Waals surface area contributed by atoms with E-state index in [0.29, 0.717) is 6.54 Å². The molecule has 0 heterocycles. The van der Waals surface area contributed by atoms with Gasteiger partial charge >= 0.3 is 12.1 Å². The quantitative estimate of drug-likeness (QED) is 0.616. The van der Waals surface area contributed by atoms with E-state index in [-0.39, 0.29) is 30.3 Å². The number of hydrogen-bond donors (Lipinski definition) is 1. The molecule has 1 saturated carbocycles. The Kier molecular flexibility index (Phi) is 6.86. The lowest BCUT2D eigenvalue weighted by Crippen LogP contribution is -2.38. The van der Waals surface area contributed by atoms with E-state index >= 15 is 0 Å². The summed E-state index contributed by atoms with van der Waals surface area (Å²) in [6.45, 7) is 0.638. The van der Waals surface area contributed by atoms with Gasteiger partial charge in [-0.2, -0.15) is 0 Å². The zero-order valence-electron chi connectivity index (χ0n) is 10.6. The minimum atomic E-state index is -0.482. The third-order valence-corrected chi connectivity index (χ3v) is 3.39. The van der Waals surface area contributed by atoms with Gasteiger partial charge in [0, 0.05) is 6.54 Å². The van der Waals surface area contributed by atoms with Gasteiger partial charge < -0.3 is 14.8 Å². The second-order valence-electron chi connectivity index (χ2n) is 4.38. The number of carbonyl (C=O) groups excluding carboxylic acids is 2. The van der Waals surface area contributed by atoms with Crippen LogP contribution in [-0.2, 0) is 14.3 Å². The van der Waals surface area contributed by atoms with Crippen LogP contribution in [0.25, 0.3) is 0 Å². The van der Waals surface area contributed by atoms with Crippen LogP contribution in [0, 0.1) is 11.8 Å². The minimum Gasteiger partial charge on any atom is -0.469 e. The van der Waals surface area contributed by atoms with Gasteiger partial charge in [-0.3, -0.25) is 4.79 Å². The number of esters is 1. The van der Waals surface area contributed by atoms with Crippen LogP contribution in [0.1, 0.15) is 25.7 Å². The van der Waals surface area contributed by atoms with Gasteiger partial charge in [0.05, 0.1) is 18.9 Å². The van der Waals surface area contributed by atoms with E-state index in [4.69, 9.17) is 21.1 Å². The number of rotatable bonds is 5. The molecule has 2 unspecified atom stereocenters. The van der Waals surface area contributed by atoms with Crippen molar-refractivity contribution >= 4 is 23.7 Å². The maximum absolute atomic E-state index is 11.6. The molecule has 104 valence electrons. The maximum atomic E-state index is 11.6. The highest BCUT2D eigenvalue weighted by Gasteiger charge is 2.31. The Morgan fingerprint density at radius 2 is 2.06 bits per heavy atom. The first-order chi connectivity index (χ1) is 8.69. The van der Waals surface area contributed by atoms with E-state index < -0.39 is 6.09 Å².